The Morgan fingerprint density at radius 2 is 1.72 bits per heavy atom. The van der Waals surface area contributed by atoms with Crippen LogP contribution in [0, 0.1) is 17.6 Å². The Bertz CT molecular complexity index is 1260. The standard InChI is InChI=1S/C31H40F2N4O2/c1-8-16-34-30(21(6)35-18-20(5)25-14-15-27(39-7)29(33)28(25)32)37-24-12-13-26(23(11-4)17-24)31(38)36-19-22(9-2)10-3/h8,12-18,22H,9-11,19H2,1-7H3,(H,34,37)(H,36,38)/b16-8-,20-18+,35-21?. The van der Waals surface area contributed by atoms with E-state index in [9.17, 15) is 13.6 Å². The normalized spacial score (nSPS) is 12.8. The second kappa shape index (κ2) is 15.6. The summed E-state index contributed by atoms with van der Waals surface area (Å²) in [5.74, 6) is -1.33. The highest BCUT2D eigenvalue weighted by Crippen LogP contribution is 2.27. The largest absolute Gasteiger partial charge is 0.494 e. The Balaban J connectivity index is 2.30. The van der Waals surface area contributed by atoms with E-state index in [2.05, 4.69) is 34.5 Å². The van der Waals surface area contributed by atoms with E-state index in [0.29, 0.717) is 41.6 Å². The van der Waals surface area contributed by atoms with Crippen LogP contribution in [-0.2, 0) is 6.42 Å². The Morgan fingerprint density at radius 3 is 2.33 bits per heavy atom. The van der Waals surface area contributed by atoms with Crippen LogP contribution in [0.4, 0.5) is 14.5 Å². The van der Waals surface area contributed by atoms with E-state index >= 15 is 0 Å². The molecule has 0 atom stereocenters. The lowest BCUT2D eigenvalue weighted by molar-refractivity contribution is 0.0945. The topological polar surface area (TPSA) is 75.1 Å². The lowest BCUT2D eigenvalue weighted by Crippen LogP contribution is -2.29. The molecule has 0 heterocycles. The molecule has 0 radical (unpaired) electrons. The maximum absolute atomic E-state index is 14.5. The van der Waals surface area contributed by atoms with Crippen molar-refractivity contribution in [3.63, 3.8) is 0 Å². The summed E-state index contributed by atoms with van der Waals surface area (Å²) in [6.45, 7) is 12.2. The molecule has 2 aromatic rings. The molecule has 0 saturated heterocycles. The van der Waals surface area contributed by atoms with Crippen LogP contribution < -0.4 is 15.4 Å². The van der Waals surface area contributed by atoms with Gasteiger partial charge in [0.05, 0.1) is 12.8 Å². The zero-order valence-electron chi connectivity index (χ0n) is 24.0. The number of nitrogens with zero attached hydrogens (tertiary/aromatic N) is 2. The average Bonchev–Trinajstić information content (AvgIpc) is 2.95. The van der Waals surface area contributed by atoms with Crippen molar-refractivity contribution < 1.29 is 18.3 Å². The minimum atomic E-state index is -1.04. The van der Waals surface area contributed by atoms with Crippen molar-refractivity contribution in [3.8, 4) is 5.75 Å². The van der Waals surface area contributed by atoms with Crippen molar-refractivity contribution in [1.29, 1.82) is 0 Å². The molecule has 2 aromatic carbocycles. The van der Waals surface area contributed by atoms with Gasteiger partial charge in [-0.15, -0.1) is 0 Å². The summed E-state index contributed by atoms with van der Waals surface area (Å²) in [6.07, 6.45) is 7.63. The van der Waals surface area contributed by atoms with E-state index in [1.165, 1.54) is 25.4 Å². The fourth-order valence-electron chi connectivity index (χ4n) is 3.92. The van der Waals surface area contributed by atoms with Gasteiger partial charge >= 0.3 is 0 Å². The Labute approximate surface area is 231 Å². The van der Waals surface area contributed by atoms with Gasteiger partial charge in [0.15, 0.2) is 17.4 Å². The number of aliphatic imine (C=N–C) groups is 2. The van der Waals surface area contributed by atoms with Crippen LogP contribution in [0.5, 0.6) is 5.75 Å². The molecule has 0 bridgehead atoms. The molecular formula is C31H40F2N4O2. The van der Waals surface area contributed by atoms with E-state index in [1.807, 2.05) is 32.0 Å². The maximum atomic E-state index is 14.5. The zero-order chi connectivity index (χ0) is 28.9. The lowest BCUT2D eigenvalue weighted by atomic mass is 10.0. The Hall–Kier alpha value is -3.81. The van der Waals surface area contributed by atoms with Gasteiger partial charge < -0.3 is 15.4 Å². The summed E-state index contributed by atoms with van der Waals surface area (Å²) in [5, 5.41) is 6.34. The van der Waals surface area contributed by atoms with E-state index in [1.54, 1.807) is 26.1 Å². The Kier molecular flexibility index (Phi) is 12.5. The molecule has 0 aliphatic rings. The molecule has 39 heavy (non-hydrogen) atoms. The summed E-state index contributed by atoms with van der Waals surface area (Å²) in [5.41, 5.74) is 3.39. The number of hydrogen-bond donors (Lipinski definition) is 2. The molecule has 2 N–H and O–H groups in total. The molecule has 8 heteroatoms. The first-order chi connectivity index (χ1) is 18.7. The number of carbonyl (C=O) groups excluding carboxylic acids is 1. The van der Waals surface area contributed by atoms with Gasteiger partial charge in [0.1, 0.15) is 0 Å². The van der Waals surface area contributed by atoms with Crippen molar-refractivity contribution in [2.45, 2.75) is 60.8 Å². The molecule has 210 valence electrons. The number of nitrogens with one attached hydrogen (secondary N) is 2. The maximum Gasteiger partial charge on any atom is 0.251 e. The third-order valence-electron chi connectivity index (χ3n) is 6.54. The zero-order valence-corrected chi connectivity index (χ0v) is 24.0. The number of rotatable bonds is 12. The number of methoxy groups -OCH3 is 1. The van der Waals surface area contributed by atoms with E-state index in [0.717, 1.165) is 24.1 Å². The summed E-state index contributed by atoms with van der Waals surface area (Å²) in [4.78, 5) is 21.8. The lowest BCUT2D eigenvalue weighted by Gasteiger charge is -2.16. The number of allylic oxidation sites excluding steroid dienone is 2. The third-order valence-corrected chi connectivity index (χ3v) is 6.54. The fourth-order valence-corrected chi connectivity index (χ4v) is 3.92. The summed E-state index contributed by atoms with van der Waals surface area (Å²) in [6, 6.07) is 8.41. The molecule has 6 nitrogen and oxygen atoms in total. The highest BCUT2D eigenvalue weighted by molar-refractivity contribution is 6.45. The Morgan fingerprint density at radius 1 is 1.03 bits per heavy atom. The molecule has 0 unspecified atom stereocenters. The fraction of sp³-hybridized carbons (Fsp3) is 0.387. The highest BCUT2D eigenvalue weighted by atomic mass is 19.2. The monoisotopic (exact) mass is 538 g/mol. The van der Waals surface area contributed by atoms with E-state index in [4.69, 9.17) is 4.74 Å². The van der Waals surface area contributed by atoms with Crippen LogP contribution in [0.25, 0.3) is 5.57 Å². The molecule has 0 saturated carbocycles. The highest BCUT2D eigenvalue weighted by Gasteiger charge is 2.16. The van der Waals surface area contributed by atoms with Gasteiger partial charge in [-0.05, 0) is 74.6 Å². The molecule has 1 amide bonds. The van der Waals surface area contributed by atoms with Gasteiger partial charge in [-0.2, -0.15) is 4.39 Å². The smallest absolute Gasteiger partial charge is 0.251 e. The minimum Gasteiger partial charge on any atom is -0.494 e. The van der Waals surface area contributed by atoms with Gasteiger partial charge in [0.2, 0.25) is 5.82 Å². The van der Waals surface area contributed by atoms with Crippen molar-refractivity contribution in [2.24, 2.45) is 15.9 Å². The first-order valence-electron chi connectivity index (χ1n) is 13.3. The second-order valence-corrected chi connectivity index (χ2v) is 9.17. The summed E-state index contributed by atoms with van der Waals surface area (Å²) < 4.78 is 33.5. The number of aryl methyl sites for hydroxylation is 1. The molecule has 0 aliphatic carbocycles. The van der Waals surface area contributed by atoms with Crippen LogP contribution in [-0.4, -0.2) is 31.1 Å². The average molecular weight is 539 g/mol. The number of amidine groups is 1. The number of hydrogen-bond acceptors (Lipinski definition) is 4. The van der Waals surface area contributed by atoms with Crippen LogP contribution in [0.3, 0.4) is 0 Å². The predicted octanol–water partition coefficient (Wildman–Crippen LogP) is 7.57. The van der Waals surface area contributed by atoms with Crippen LogP contribution in [0.15, 0.2) is 58.8 Å². The van der Waals surface area contributed by atoms with Gasteiger partial charge in [0, 0.05) is 35.8 Å². The minimum absolute atomic E-state index is 0.0753. The number of ether oxygens (including phenoxy) is 1. The molecule has 0 spiro atoms. The molecule has 0 aromatic heterocycles. The van der Waals surface area contributed by atoms with Crippen molar-refractivity contribution in [2.75, 3.05) is 19.0 Å². The second-order valence-electron chi connectivity index (χ2n) is 9.17. The van der Waals surface area contributed by atoms with Gasteiger partial charge in [-0.1, -0.05) is 39.7 Å². The number of benzene rings is 2. The third kappa shape index (κ3) is 8.60. The summed E-state index contributed by atoms with van der Waals surface area (Å²) in [7, 11) is 1.29. The molecule has 2 rings (SSSR count). The molecule has 0 fully saturated rings. The summed E-state index contributed by atoms with van der Waals surface area (Å²) >= 11 is 0. The number of carbonyl (C=O) groups is 1. The van der Waals surface area contributed by atoms with Gasteiger partial charge in [-0.25, -0.2) is 9.38 Å². The van der Waals surface area contributed by atoms with Gasteiger partial charge in [-0.3, -0.25) is 9.79 Å². The van der Waals surface area contributed by atoms with Gasteiger partial charge in [0.25, 0.3) is 5.91 Å². The first-order valence-corrected chi connectivity index (χ1v) is 13.3. The van der Waals surface area contributed by atoms with Crippen LogP contribution in [0.2, 0.25) is 0 Å². The van der Waals surface area contributed by atoms with E-state index < -0.39 is 11.6 Å². The number of halogens is 2. The SMILES string of the molecule is C/C=C\N=C(Nc1ccc(C(=O)NCC(CC)CC)c(CC)c1)C(C)=N/C=C(\C)c1ccc(OC)c(F)c1F. The molecule has 0 aliphatic heterocycles. The van der Waals surface area contributed by atoms with E-state index in [-0.39, 0.29) is 17.2 Å². The quantitative estimate of drug-likeness (QED) is 0.216. The van der Waals surface area contributed by atoms with Crippen molar-refractivity contribution >= 4 is 28.7 Å². The van der Waals surface area contributed by atoms with Crippen LogP contribution >= 0.6 is 0 Å². The number of anilines is 1. The van der Waals surface area contributed by atoms with Crippen LogP contribution in [0.1, 0.15) is 75.9 Å². The van der Waals surface area contributed by atoms with Crippen molar-refractivity contribution in [3.05, 3.63) is 77.1 Å². The molecular weight excluding hydrogens is 498 g/mol. The predicted molar refractivity (Wildman–Crippen MR) is 158 cm³/mol. The number of amides is 1. The van der Waals surface area contributed by atoms with Crippen molar-refractivity contribution in [1.82, 2.24) is 5.32 Å². The first kappa shape index (κ1) is 31.4.